The van der Waals surface area contributed by atoms with Crippen LogP contribution >= 0.6 is 0 Å². The number of carbonyl (C=O) groups excluding carboxylic acids is 2. The van der Waals surface area contributed by atoms with Crippen LogP contribution in [0.1, 0.15) is 32.3 Å². The van der Waals surface area contributed by atoms with E-state index in [0.717, 1.165) is 30.6 Å². The number of anilines is 3. The Labute approximate surface area is 159 Å². The van der Waals surface area contributed by atoms with E-state index in [1.54, 1.807) is 6.07 Å². The van der Waals surface area contributed by atoms with Crippen molar-refractivity contribution in [2.45, 2.75) is 33.1 Å². The van der Waals surface area contributed by atoms with Crippen molar-refractivity contribution in [3.05, 3.63) is 48.0 Å². The molecule has 0 saturated carbocycles. The molecule has 2 N–H and O–H groups in total. The first-order valence-corrected chi connectivity index (χ1v) is 9.35. The van der Waals surface area contributed by atoms with Gasteiger partial charge in [-0.2, -0.15) is 0 Å². The van der Waals surface area contributed by atoms with Crippen molar-refractivity contribution in [3.63, 3.8) is 0 Å². The number of para-hydroxylation sites is 2. The summed E-state index contributed by atoms with van der Waals surface area (Å²) >= 11 is 0. The number of nitrogens with one attached hydrogen (secondary N) is 2. The minimum Gasteiger partial charge on any atom is -0.492 e. The summed E-state index contributed by atoms with van der Waals surface area (Å²) in [6.07, 6.45) is 2.31. The number of ether oxygens (including phenoxy) is 1. The minimum atomic E-state index is -0.334. The van der Waals surface area contributed by atoms with E-state index < -0.39 is 0 Å². The molecule has 0 bridgehead atoms. The monoisotopic (exact) mass is 367 g/mol. The summed E-state index contributed by atoms with van der Waals surface area (Å²) in [5.41, 5.74) is 3.34. The summed E-state index contributed by atoms with van der Waals surface area (Å²) in [6, 6.07) is 12.7. The molecular formula is C21H25N3O3. The Kier molecular flexibility index (Phi) is 5.96. The first-order valence-electron chi connectivity index (χ1n) is 9.35. The maximum absolute atomic E-state index is 12.4. The Morgan fingerprint density at radius 3 is 2.70 bits per heavy atom. The lowest BCUT2D eigenvalue weighted by atomic mass is 10.0. The summed E-state index contributed by atoms with van der Waals surface area (Å²) in [5, 5.41) is 5.68. The van der Waals surface area contributed by atoms with E-state index in [9.17, 15) is 9.59 Å². The van der Waals surface area contributed by atoms with Crippen LogP contribution in [0.25, 0.3) is 0 Å². The van der Waals surface area contributed by atoms with E-state index in [2.05, 4.69) is 10.6 Å². The van der Waals surface area contributed by atoms with Crippen LogP contribution in [0.4, 0.5) is 21.9 Å². The van der Waals surface area contributed by atoms with Gasteiger partial charge >= 0.3 is 6.03 Å². The van der Waals surface area contributed by atoms with Crippen LogP contribution in [0.3, 0.4) is 0 Å². The number of urea groups is 1. The van der Waals surface area contributed by atoms with Crippen molar-refractivity contribution >= 4 is 29.0 Å². The number of amides is 3. The molecular weight excluding hydrogens is 342 g/mol. The summed E-state index contributed by atoms with van der Waals surface area (Å²) in [6.45, 7) is 5.05. The lowest BCUT2D eigenvalue weighted by molar-refractivity contribution is -0.118. The second-order valence-electron chi connectivity index (χ2n) is 6.35. The highest BCUT2D eigenvalue weighted by atomic mass is 16.5. The molecule has 0 unspecified atom stereocenters. The number of fused-ring (bicyclic) bond motifs is 1. The molecule has 0 radical (unpaired) electrons. The van der Waals surface area contributed by atoms with E-state index in [4.69, 9.17) is 4.74 Å². The van der Waals surface area contributed by atoms with Gasteiger partial charge in [-0.25, -0.2) is 4.79 Å². The van der Waals surface area contributed by atoms with Gasteiger partial charge in [-0.3, -0.25) is 4.79 Å². The Morgan fingerprint density at radius 1 is 1.11 bits per heavy atom. The van der Waals surface area contributed by atoms with Gasteiger partial charge in [0.05, 0.1) is 12.3 Å². The largest absolute Gasteiger partial charge is 0.492 e. The third kappa shape index (κ3) is 4.39. The number of aryl methyl sites for hydroxylation is 1. The number of carbonyl (C=O) groups is 2. The smallest absolute Gasteiger partial charge is 0.323 e. The fourth-order valence-electron chi connectivity index (χ4n) is 3.26. The summed E-state index contributed by atoms with van der Waals surface area (Å²) in [5.74, 6) is 0.760. The second-order valence-corrected chi connectivity index (χ2v) is 6.35. The SMILES string of the molecule is CCOc1ccccc1NC(=O)Nc1ccc2c(c1)CCCN2C(=O)CC. The molecule has 3 amide bonds. The van der Waals surface area contributed by atoms with E-state index in [0.29, 0.717) is 30.2 Å². The van der Waals surface area contributed by atoms with Crippen LogP contribution in [-0.4, -0.2) is 25.1 Å². The molecule has 2 aromatic carbocycles. The molecule has 1 aliphatic rings. The van der Waals surface area contributed by atoms with E-state index in [1.165, 1.54) is 0 Å². The quantitative estimate of drug-likeness (QED) is 0.822. The molecule has 27 heavy (non-hydrogen) atoms. The van der Waals surface area contributed by atoms with Gasteiger partial charge in [0, 0.05) is 24.3 Å². The third-order valence-corrected chi connectivity index (χ3v) is 4.49. The lowest BCUT2D eigenvalue weighted by Crippen LogP contribution is -2.34. The molecule has 0 spiro atoms. The minimum absolute atomic E-state index is 0.127. The second kappa shape index (κ2) is 8.58. The molecule has 0 atom stereocenters. The fraction of sp³-hybridized carbons (Fsp3) is 0.333. The van der Waals surface area contributed by atoms with Gasteiger partial charge in [0.15, 0.2) is 0 Å². The topological polar surface area (TPSA) is 70.7 Å². The molecule has 142 valence electrons. The Hall–Kier alpha value is -3.02. The van der Waals surface area contributed by atoms with Gasteiger partial charge in [-0.1, -0.05) is 19.1 Å². The molecule has 6 heteroatoms. The van der Waals surface area contributed by atoms with E-state index in [-0.39, 0.29) is 11.9 Å². The van der Waals surface area contributed by atoms with Crippen LogP contribution in [0.5, 0.6) is 5.75 Å². The zero-order chi connectivity index (χ0) is 19.2. The van der Waals surface area contributed by atoms with E-state index in [1.807, 2.05) is 55.1 Å². The fourth-order valence-corrected chi connectivity index (χ4v) is 3.26. The van der Waals surface area contributed by atoms with Crippen molar-refractivity contribution in [2.24, 2.45) is 0 Å². The van der Waals surface area contributed by atoms with Crippen molar-refractivity contribution in [3.8, 4) is 5.75 Å². The van der Waals surface area contributed by atoms with Gasteiger partial charge in [-0.15, -0.1) is 0 Å². The van der Waals surface area contributed by atoms with Gasteiger partial charge in [0.1, 0.15) is 5.75 Å². The number of benzene rings is 2. The maximum atomic E-state index is 12.4. The van der Waals surface area contributed by atoms with Gasteiger partial charge in [-0.05, 0) is 55.7 Å². The van der Waals surface area contributed by atoms with Crippen molar-refractivity contribution < 1.29 is 14.3 Å². The molecule has 6 nitrogen and oxygen atoms in total. The summed E-state index contributed by atoms with van der Waals surface area (Å²) in [4.78, 5) is 26.3. The zero-order valence-electron chi connectivity index (χ0n) is 15.7. The van der Waals surface area contributed by atoms with Crippen molar-refractivity contribution in [1.29, 1.82) is 0 Å². The average Bonchev–Trinajstić information content (AvgIpc) is 2.68. The molecule has 0 fully saturated rings. The number of hydrogen-bond donors (Lipinski definition) is 2. The number of nitrogens with zero attached hydrogens (tertiary/aromatic N) is 1. The van der Waals surface area contributed by atoms with Crippen LogP contribution < -0.4 is 20.3 Å². The normalized spacial score (nSPS) is 12.9. The Bertz CT molecular complexity index is 835. The zero-order valence-corrected chi connectivity index (χ0v) is 15.7. The molecule has 3 rings (SSSR count). The highest BCUT2D eigenvalue weighted by molar-refractivity contribution is 6.01. The van der Waals surface area contributed by atoms with E-state index >= 15 is 0 Å². The van der Waals surface area contributed by atoms with Gasteiger partial charge in [0.25, 0.3) is 0 Å². The summed E-state index contributed by atoms with van der Waals surface area (Å²) in [7, 11) is 0. The highest BCUT2D eigenvalue weighted by Crippen LogP contribution is 2.30. The standard InChI is InChI=1S/C21H25N3O3/c1-3-20(25)24-13-7-8-15-14-16(11-12-18(15)24)22-21(26)23-17-9-5-6-10-19(17)27-4-2/h5-6,9-12,14H,3-4,7-8,13H2,1-2H3,(H2,22,23,26). The van der Waals surface area contributed by atoms with Crippen LogP contribution in [0.2, 0.25) is 0 Å². The number of rotatable bonds is 5. The van der Waals surface area contributed by atoms with Crippen LogP contribution in [0, 0.1) is 0 Å². The van der Waals surface area contributed by atoms with Crippen molar-refractivity contribution in [2.75, 3.05) is 28.7 Å². The first-order chi connectivity index (χ1) is 13.1. The predicted octanol–water partition coefficient (Wildman–Crippen LogP) is 4.42. The van der Waals surface area contributed by atoms with Crippen molar-refractivity contribution in [1.82, 2.24) is 0 Å². The molecule has 1 aliphatic heterocycles. The predicted molar refractivity (Wildman–Crippen MR) is 108 cm³/mol. The third-order valence-electron chi connectivity index (χ3n) is 4.49. The first kappa shape index (κ1) is 18.8. The molecule has 2 aromatic rings. The van der Waals surface area contributed by atoms with Gasteiger partial charge in [0.2, 0.25) is 5.91 Å². The Morgan fingerprint density at radius 2 is 1.93 bits per heavy atom. The average molecular weight is 367 g/mol. The molecule has 0 aliphatic carbocycles. The van der Waals surface area contributed by atoms with Crippen LogP contribution in [0.15, 0.2) is 42.5 Å². The lowest BCUT2D eigenvalue weighted by Gasteiger charge is -2.29. The maximum Gasteiger partial charge on any atom is 0.323 e. The van der Waals surface area contributed by atoms with Gasteiger partial charge < -0.3 is 20.3 Å². The Balaban J connectivity index is 1.71. The highest BCUT2D eigenvalue weighted by Gasteiger charge is 2.21. The van der Waals surface area contributed by atoms with Crippen LogP contribution in [-0.2, 0) is 11.2 Å². The number of hydrogen-bond acceptors (Lipinski definition) is 3. The molecule has 0 aromatic heterocycles. The molecule has 1 heterocycles. The summed E-state index contributed by atoms with van der Waals surface area (Å²) < 4.78 is 5.53. The molecule has 0 saturated heterocycles.